The van der Waals surface area contributed by atoms with Gasteiger partial charge in [-0.15, -0.1) is 0 Å². The summed E-state index contributed by atoms with van der Waals surface area (Å²) in [5.41, 5.74) is 0.170. The summed E-state index contributed by atoms with van der Waals surface area (Å²) >= 11 is 7.26. The molecule has 0 bridgehead atoms. The SMILES string of the molecule is CSc1nc(N2CCC[C@H](NC(=O)OC(C)(C)C)C2)c2c(C)nc(Cl)c(F)c2n1. The van der Waals surface area contributed by atoms with Crippen molar-refractivity contribution in [1.29, 1.82) is 0 Å². The lowest BCUT2D eigenvalue weighted by molar-refractivity contribution is 0.0500. The number of nitrogens with zero attached hydrogens (tertiary/aromatic N) is 4. The van der Waals surface area contributed by atoms with Gasteiger partial charge in [0.2, 0.25) is 0 Å². The van der Waals surface area contributed by atoms with Crippen molar-refractivity contribution in [2.75, 3.05) is 24.2 Å². The first-order chi connectivity index (χ1) is 13.6. The summed E-state index contributed by atoms with van der Waals surface area (Å²) in [4.78, 5) is 27.3. The van der Waals surface area contributed by atoms with Crippen molar-refractivity contribution >= 4 is 46.2 Å². The van der Waals surface area contributed by atoms with E-state index < -0.39 is 17.5 Å². The van der Waals surface area contributed by atoms with Gasteiger partial charge in [0, 0.05) is 19.1 Å². The molecule has 0 spiro atoms. The van der Waals surface area contributed by atoms with E-state index >= 15 is 0 Å². The summed E-state index contributed by atoms with van der Waals surface area (Å²) < 4.78 is 20.0. The summed E-state index contributed by atoms with van der Waals surface area (Å²) in [5, 5.41) is 3.72. The van der Waals surface area contributed by atoms with Gasteiger partial charge in [-0.25, -0.2) is 24.1 Å². The van der Waals surface area contributed by atoms with Gasteiger partial charge in [-0.3, -0.25) is 0 Å². The zero-order chi connectivity index (χ0) is 21.3. The second-order valence-electron chi connectivity index (χ2n) is 7.99. The van der Waals surface area contributed by atoms with E-state index in [0.717, 1.165) is 19.4 Å². The zero-order valence-corrected chi connectivity index (χ0v) is 18.7. The Bertz CT molecular complexity index is 937. The summed E-state index contributed by atoms with van der Waals surface area (Å²) in [6.45, 7) is 8.50. The van der Waals surface area contributed by atoms with Gasteiger partial charge in [-0.05, 0) is 46.8 Å². The molecule has 2 aromatic rings. The number of aromatic nitrogens is 3. The van der Waals surface area contributed by atoms with E-state index in [0.29, 0.717) is 28.6 Å². The van der Waals surface area contributed by atoms with Gasteiger partial charge in [0.25, 0.3) is 0 Å². The number of pyridine rings is 1. The van der Waals surface area contributed by atoms with Gasteiger partial charge >= 0.3 is 6.09 Å². The fourth-order valence-electron chi connectivity index (χ4n) is 3.35. The van der Waals surface area contributed by atoms with E-state index in [2.05, 4.69) is 20.3 Å². The molecule has 1 saturated heterocycles. The third kappa shape index (κ3) is 5.01. The summed E-state index contributed by atoms with van der Waals surface area (Å²) in [5.74, 6) is -0.0396. The Morgan fingerprint density at radius 2 is 2.07 bits per heavy atom. The molecule has 0 saturated carbocycles. The summed E-state index contributed by atoms with van der Waals surface area (Å²) in [6, 6.07) is -0.105. The van der Waals surface area contributed by atoms with Crippen molar-refractivity contribution in [3.63, 3.8) is 0 Å². The fourth-order valence-corrected chi connectivity index (χ4v) is 3.93. The predicted molar refractivity (Wildman–Crippen MR) is 113 cm³/mol. The highest BCUT2D eigenvalue weighted by Gasteiger charge is 2.28. The standard InChI is InChI=1S/C19H25ClFN5O2S/c1-10-12-14(13(21)15(20)22-10)24-17(29-5)25-16(12)26-8-6-7-11(9-26)23-18(27)28-19(2,3)4/h11H,6-9H2,1-5H3,(H,23,27)/t11-/m0/s1. The van der Waals surface area contributed by atoms with Gasteiger partial charge in [-0.2, -0.15) is 0 Å². The lowest BCUT2D eigenvalue weighted by Crippen LogP contribution is -2.49. The topological polar surface area (TPSA) is 80.2 Å². The molecule has 0 radical (unpaired) electrons. The summed E-state index contributed by atoms with van der Waals surface area (Å²) in [7, 11) is 0. The molecule has 0 aromatic carbocycles. The molecule has 1 fully saturated rings. The number of piperidine rings is 1. The first kappa shape index (κ1) is 21.8. The number of aryl methyl sites for hydroxylation is 1. The van der Waals surface area contributed by atoms with Gasteiger partial charge in [0.15, 0.2) is 16.1 Å². The van der Waals surface area contributed by atoms with Crippen molar-refractivity contribution in [3.05, 3.63) is 16.7 Å². The Hall–Kier alpha value is -1.87. The molecule has 158 valence electrons. The molecule has 7 nitrogen and oxygen atoms in total. The van der Waals surface area contributed by atoms with Crippen LogP contribution in [0.5, 0.6) is 0 Å². The molecular weight excluding hydrogens is 417 g/mol. The summed E-state index contributed by atoms with van der Waals surface area (Å²) in [6.07, 6.45) is 3.06. The minimum Gasteiger partial charge on any atom is -0.444 e. The van der Waals surface area contributed by atoms with Gasteiger partial charge in [0.1, 0.15) is 16.9 Å². The van der Waals surface area contributed by atoms with Gasteiger partial charge in [-0.1, -0.05) is 23.4 Å². The van der Waals surface area contributed by atoms with Gasteiger partial charge in [0.05, 0.1) is 11.1 Å². The number of thioether (sulfide) groups is 1. The van der Waals surface area contributed by atoms with E-state index in [4.69, 9.17) is 16.3 Å². The quantitative estimate of drug-likeness (QED) is 0.431. The number of nitrogens with one attached hydrogen (secondary N) is 1. The first-order valence-electron chi connectivity index (χ1n) is 9.41. The molecule has 29 heavy (non-hydrogen) atoms. The third-order valence-corrected chi connectivity index (χ3v) is 5.31. The number of rotatable bonds is 3. The number of fused-ring (bicyclic) bond motifs is 1. The van der Waals surface area contributed by atoms with Crippen LogP contribution in [0, 0.1) is 12.7 Å². The smallest absolute Gasteiger partial charge is 0.407 e. The number of amides is 1. The number of hydrogen-bond donors (Lipinski definition) is 1. The van der Waals surface area contributed by atoms with Crippen LogP contribution in [0.1, 0.15) is 39.3 Å². The van der Waals surface area contributed by atoms with E-state index in [1.807, 2.05) is 31.9 Å². The average molecular weight is 442 g/mol. The van der Waals surface area contributed by atoms with Crippen LogP contribution in [0.15, 0.2) is 5.16 Å². The van der Waals surface area contributed by atoms with Crippen LogP contribution >= 0.6 is 23.4 Å². The van der Waals surface area contributed by atoms with E-state index in [1.165, 1.54) is 11.8 Å². The van der Waals surface area contributed by atoms with Crippen LogP contribution in [0.2, 0.25) is 5.15 Å². The van der Waals surface area contributed by atoms with E-state index in [-0.39, 0.29) is 16.7 Å². The monoisotopic (exact) mass is 441 g/mol. The molecule has 10 heteroatoms. The number of alkyl carbamates (subject to hydrolysis) is 1. The van der Waals surface area contributed by atoms with Crippen LogP contribution in [0.3, 0.4) is 0 Å². The maximum absolute atomic E-state index is 14.7. The molecule has 2 aromatic heterocycles. The minimum atomic E-state index is -0.647. The molecule has 1 aliphatic rings. The number of carbonyl (C=O) groups excluding carboxylic acids is 1. The molecule has 1 atom stereocenters. The molecule has 1 aliphatic heterocycles. The minimum absolute atomic E-state index is 0.105. The van der Waals surface area contributed by atoms with Crippen molar-refractivity contribution < 1.29 is 13.9 Å². The van der Waals surface area contributed by atoms with E-state index in [9.17, 15) is 9.18 Å². The molecule has 1 amide bonds. The average Bonchev–Trinajstić information content (AvgIpc) is 2.63. The Kier molecular flexibility index (Phi) is 6.38. The van der Waals surface area contributed by atoms with Crippen molar-refractivity contribution in [3.8, 4) is 0 Å². The highest BCUT2D eigenvalue weighted by molar-refractivity contribution is 7.98. The van der Waals surface area contributed by atoms with Crippen molar-refractivity contribution in [1.82, 2.24) is 20.3 Å². The van der Waals surface area contributed by atoms with Crippen LogP contribution in [-0.4, -0.2) is 52.0 Å². The van der Waals surface area contributed by atoms with Crippen LogP contribution in [0.25, 0.3) is 10.9 Å². The largest absolute Gasteiger partial charge is 0.444 e. The molecule has 3 heterocycles. The van der Waals surface area contributed by atoms with Gasteiger partial charge < -0.3 is 15.0 Å². The van der Waals surface area contributed by atoms with Crippen LogP contribution < -0.4 is 10.2 Å². The number of halogens is 2. The highest BCUT2D eigenvalue weighted by Crippen LogP contribution is 2.33. The number of anilines is 1. The molecular formula is C19H25ClFN5O2S. The second-order valence-corrected chi connectivity index (χ2v) is 9.12. The molecule has 3 rings (SSSR count). The number of carbonyl (C=O) groups is 1. The second kappa shape index (κ2) is 8.47. The van der Waals surface area contributed by atoms with E-state index in [1.54, 1.807) is 6.92 Å². The zero-order valence-electron chi connectivity index (χ0n) is 17.2. The van der Waals surface area contributed by atoms with Crippen molar-refractivity contribution in [2.45, 2.75) is 57.3 Å². The molecule has 0 aliphatic carbocycles. The third-order valence-electron chi connectivity index (χ3n) is 4.51. The Morgan fingerprint density at radius 1 is 1.34 bits per heavy atom. The highest BCUT2D eigenvalue weighted by atomic mass is 35.5. The Labute approximate surface area is 178 Å². The number of hydrogen-bond acceptors (Lipinski definition) is 7. The fraction of sp³-hybridized carbons (Fsp3) is 0.579. The first-order valence-corrected chi connectivity index (χ1v) is 11.0. The molecule has 0 unspecified atom stereocenters. The maximum atomic E-state index is 14.7. The maximum Gasteiger partial charge on any atom is 0.407 e. The van der Waals surface area contributed by atoms with Crippen LogP contribution in [-0.2, 0) is 4.74 Å². The molecule has 1 N–H and O–H groups in total. The predicted octanol–water partition coefficient (Wildman–Crippen LogP) is 4.34. The van der Waals surface area contributed by atoms with Crippen molar-refractivity contribution in [2.24, 2.45) is 0 Å². The Morgan fingerprint density at radius 3 is 2.72 bits per heavy atom. The Balaban J connectivity index is 1.93. The lowest BCUT2D eigenvalue weighted by Gasteiger charge is -2.35. The number of ether oxygens (including phenoxy) is 1. The van der Waals surface area contributed by atoms with Crippen LogP contribution in [0.4, 0.5) is 15.0 Å². The normalized spacial score (nSPS) is 17.5. The lowest BCUT2D eigenvalue weighted by atomic mass is 10.0.